The molecule has 0 aromatic heterocycles. The number of fused-ring (bicyclic) bond motifs is 1. The molecule has 10 heteroatoms. The molecule has 4 aromatic rings. The summed E-state index contributed by atoms with van der Waals surface area (Å²) < 4.78 is 41.2. The second kappa shape index (κ2) is 14.8. The third-order valence-corrected chi connectivity index (χ3v) is 9.47. The Bertz CT molecular complexity index is 1700. The van der Waals surface area contributed by atoms with Crippen molar-refractivity contribution in [1.29, 1.82) is 0 Å². The summed E-state index contributed by atoms with van der Waals surface area (Å²) in [6.07, 6.45) is -0.289. The maximum Gasteiger partial charge on any atom is 0.261 e. The molecule has 0 saturated carbocycles. The number of sulfonamides is 1. The van der Waals surface area contributed by atoms with E-state index < -0.39 is 10.0 Å². The number of carbonyl (C=O) groups is 1. The predicted octanol–water partition coefficient (Wildman–Crippen LogP) is 5.56. The number of hydrogen-bond acceptors (Lipinski definition) is 7. The molecule has 1 heterocycles. The van der Waals surface area contributed by atoms with Gasteiger partial charge in [-0.1, -0.05) is 55.5 Å². The van der Waals surface area contributed by atoms with E-state index in [1.807, 2.05) is 75.5 Å². The van der Waals surface area contributed by atoms with Crippen LogP contribution in [0.1, 0.15) is 25.0 Å². The Balaban J connectivity index is 1.34. The first kappa shape index (κ1) is 33.0. The van der Waals surface area contributed by atoms with Gasteiger partial charge in [0.2, 0.25) is 5.91 Å². The first-order valence-electron chi connectivity index (χ1n) is 15.4. The van der Waals surface area contributed by atoms with Crippen LogP contribution in [0, 0.1) is 5.92 Å². The highest BCUT2D eigenvalue weighted by molar-refractivity contribution is 7.92. The van der Waals surface area contributed by atoms with Gasteiger partial charge in [-0.3, -0.25) is 14.4 Å². The first-order valence-corrected chi connectivity index (χ1v) is 16.9. The molecule has 0 aliphatic carbocycles. The summed E-state index contributed by atoms with van der Waals surface area (Å²) in [4.78, 5) is 17.6. The second-order valence-corrected chi connectivity index (χ2v) is 13.6. The number of anilines is 1. The van der Waals surface area contributed by atoms with Crippen LogP contribution in [0.2, 0.25) is 0 Å². The van der Waals surface area contributed by atoms with E-state index in [2.05, 4.69) is 9.62 Å². The molecule has 0 fully saturated rings. The zero-order valence-corrected chi connectivity index (χ0v) is 27.2. The quantitative estimate of drug-likeness (QED) is 0.220. The SMILES string of the molecule is C[C@H]1CN([C@@H](C)CO)C(=O)Cc2cc(NS(=O)(=O)c3ccccc3)ccc2O[C@@H]1CN(C)Cc1ccc(Oc2ccccc2)cc1. The van der Waals surface area contributed by atoms with Crippen molar-refractivity contribution in [2.24, 2.45) is 5.92 Å². The standard InChI is InChI=1S/C36H41N3O6S/c1-26-22-39(27(2)25-40)36(41)21-29-20-30(37-46(42,43)33-12-8-5-9-13-33)16-19-34(29)45-35(26)24-38(3)23-28-14-17-32(18-15-28)44-31-10-6-4-7-11-31/h4-20,26-27,35,37,40H,21-25H2,1-3H3/t26-,27-,35+/m0/s1. The summed E-state index contributed by atoms with van der Waals surface area (Å²) in [5.74, 6) is 1.85. The van der Waals surface area contributed by atoms with Crippen LogP contribution in [0.5, 0.6) is 17.2 Å². The van der Waals surface area contributed by atoms with Crippen LogP contribution in [0.15, 0.2) is 108 Å². The second-order valence-electron chi connectivity index (χ2n) is 11.9. The van der Waals surface area contributed by atoms with Crippen molar-refractivity contribution < 1.29 is 27.8 Å². The fourth-order valence-electron chi connectivity index (χ4n) is 5.50. The molecular formula is C36H41N3O6S. The van der Waals surface area contributed by atoms with Crippen LogP contribution in [0.25, 0.3) is 0 Å². The highest BCUT2D eigenvalue weighted by atomic mass is 32.2. The van der Waals surface area contributed by atoms with Crippen LogP contribution in [-0.4, -0.2) is 68.1 Å². The summed E-state index contributed by atoms with van der Waals surface area (Å²) in [7, 11) is -1.80. The molecule has 0 spiro atoms. The average molecular weight is 644 g/mol. The largest absolute Gasteiger partial charge is 0.488 e. The Kier molecular flexibility index (Phi) is 10.6. The molecule has 5 rings (SSSR count). The lowest BCUT2D eigenvalue weighted by molar-refractivity contribution is -0.134. The number of amides is 1. The van der Waals surface area contributed by atoms with Gasteiger partial charge in [-0.25, -0.2) is 8.42 Å². The molecule has 1 aliphatic heterocycles. The predicted molar refractivity (Wildman–Crippen MR) is 179 cm³/mol. The van der Waals surface area contributed by atoms with E-state index in [-0.39, 0.29) is 41.9 Å². The number of nitrogens with zero attached hydrogens (tertiary/aromatic N) is 2. The van der Waals surface area contributed by atoms with Gasteiger partial charge in [0.1, 0.15) is 23.4 Å². The van der Waals surface area contributed by atoms with Gasteiger partial charge in [0.25, 0.3) is 10.0 Å². The van der Waals surface area contributed by atoms with Gasteiger partial charge in [0.05, 0.1) is 24.0 Å². The topological polar surface area (TPSA) is 108 Å². The number of aliphatic hydroxyl groups excluding tert-OH is 1. The van der Waals surface area contributed by atoms with Crippen LogP contribution in [0.4, 0.5) is 5.69 Å². The van der Waals surface area contributed by atoms with Gasteiger partial charge in [0.15, 0.2) is 0 Å². The molecule has 1 amide bonds. The maximum absolute atomic E-state index is 13.6. The van der Waals surface area contributed by atoms with Gasteiger partial charge in [-0.05, 0) is 74.1 Å². The number of benzene rings is 4. The lowest BCUT2D eigenvalue weighted by atomic mass is 10.0. The van der Waals surface area contributed by atoms with Crippen LogP contribution >= 0.6 is 0 Å². The molecule has 0 unspecified atom stereocenters. The van der Waals surface area contributed by atoms with Gasteiger partial charge < -0.3 is 19.5 Å². The minimum absolute atomic E-state index is 0.00720. The minimum Gasteiger partial charge on any atom is -0.488 e. The van der Waals surface area contributed by atoms with Crippen molar-refractivity contribution >= 4 is 21.6 Å². The minimum atomic E-state index is -3.82. The molecule has 3 atom stereocenters. The third kappa shape index (κ3) is 8.45. The summed E-state index contributed by atoms with van der Waals surface area (Å²) in [5, 5.41) is 9.96. The highest BCUT2D eigenvalue weighted by Crippen LogP contribution is 2.30. The van der Waals surface area contributed by atoms with Crippen LogP contribution in [0.3, 0.4) is 0 Å². The maximum atomic E-state index is 13.6. The van der Waals surface area contributed by atoms with E-state index in [0.29, 0.717) is 36.6 Å². The molecule has 46 heavy (non-hydrogen) atoms. The molecule has 1 aliphatic rings. The van der Waals surface area contributed by atoms with Gasteiger partial charge in [-0.2, -0.15) is 0 Å². The lowest BCUT2D eigenvalue weighted by Gasteiger charge is -2.34. The van der Waals surface area contributed by atoms with Gasteiger partial charge in [0, 0.05) is 36.8 Å². The molecular weight excluding hydrogens is 602 g/mol. The molecule has 0 saturated heterocycles. The van der Waals surface area contributed by atoms with Crippen molar-refractivity contribution in [2.75, 3.05) is 31.5 Å². The van der Waals surface area contributed by atoms with Gasteiger partial charge in [-0.15, -0.1) is 0 Å². The lowest BCUT2D eigenvalue weighted by Crippen LogP contribution is -2.47. The number of likely N-dealkylation sites (N-methyl/N-ethyl adjacent to an activating group) is 1. The number of para-hydroxylation sites is 1. The Hall–Kier alpha value is -4.38. The number of ether oxygens (including phenoxy) is 2. The van der Waals surface area contributed by atoms with Crippen molar-refractivity contribution in [3.8, 4) is 17.2 Å². The summed E-state index contributed by atoms with van der Waals surface area (Å²) >= 11 is 0. The highest BCUT2D eigenvalue weighted by Gasteiger charge is 2.31. The van der Waals surface area contributed by atoms with Crippen molar-refractivity contribution in [3.63, 3.8) is 0 Å². The van der Waals surface area contributed by atoms with E-state index in [9.17, 15) is 18.3 Å². The number of rotatable bonds is 11. The van der Waals surface area contributed by atoms with Crippen molar-refractivity contribution in [1.82, 2.24) is 9.80 Å². The number of carbonyl (C=O) groups excluding carboxylic acids is 1. The van der Waals surface area contributed by atoms with Crippen molar-refractivity contribution in [2.45, 2.75) is 43.9 Å². The molecule has 9 nitrogen and oxygen atoms in total. The van der Waals surface area contributed by atoms with E-state index in [4.69, 9.17) is 9.47 Å². The Morgan fingerprint density at radius 3 is 2.30 bits per heavy atom. The van der Waals surface area contributed by atoms with E-state index in [1.54, 1.807) is 41.3 Å². The molecule has 0 radical (unpaired) electrons. The Labute approximate surface area is 271 Å². The summed E-state index contributed by atoms with van der Waals surface area (Å²) in [5.41, 5.74) is 2.02. The third-order valence-electron chi connectivity index (χ3n) is 8.07. The molecule has 2 N–H and O–H groups in total. The van der Waals surface area contributed by atoms with Crippen LogP contribution < -0.4 is 14.2 Å². The average Bonchev–Trinajstić information content (AvgIpc) is 3.09. The van der Waals surface area contributed by atoms with E-state index in [0.717, 1.165) is 17.1 Å². The normalized spacial score (nSPS) is 17.7. The first-order chi connectivity index (χ1) is 22.1. The summed E-state index contributed by atoms with van der Waals surface area (Å²) in [6.45, 7) is 5.35. The Morgan fingerprint density at radius 2 is 1.63 bits per heavy atom. The smallest absolute Gasteiger partial charge is 0.261 e. The van der Waals surface area contributed by atoms with E-state index in [1.165, 1.54) is 12.1 Å². The molecule has 4 aromatic carbocycles. The monoisotopic (exact) mass is 643 g/mol. The fourth-order valence-corrected chi connectivity index (χ4v) is 6.57. The number of aliphatic hydroxyl groups is 1. The van der Waals surface area contributed by atoms with E-state index >= 15 is 0 Å². The zero-order chi connectivity index (χ0) is 32.7. The molecule has 242 valence electrons. The number of hydrogen-bond donors (Lipinski definition) is 2. The van der Waals surface area contributed by atoms with Crippen LogP contribution in [-0.2, 0) is 27.8 Å². The fraction of sp³-hybridized carbons (Fsp3) is 0.306. The van der Waals surface area contributed by atoms with Crippen molar-refractivity contribution in [3.05, 3.63) is 114 Å². The van der Waals surface area contributed by atoms with Gasteiger partial charge >= 0.3 is 0 Å². The Morgan fingerprint density at radius 1 is 0.978 bits per heavy atom. The molecule has 0 bridgehead atoms. The summed E-state index contributed by atoms with van der Waals surface area (Å²) in [6, 6.07) is 30.4. The zero-order valence-electron chi connectivity index (χ0n) is 26.4. The number of nitrogens with one attached hydrogen (secondary N) is 1.